The summed E-state index contributed by atoms with van der Waals surface area (Å²) in [5.74, 6) is 2.61. The first-order valence-electron chi connectivity index (χ1n) is 8.68. The highest BCUT2D eigenvalue weighted by Gasteiger charge is 2.48. The zero-order chi connectivity index (χ0) is 14.0. The van der Waals surface area contributed by atoms with Crippen molar-refractivity contribution in [3.8, 4) is 0 Å². The van der Waals surface area contributed by atoms with Gasteiger partial charge in [0.05, 0.1) is 0 Å². The molecule has 1 saturated carbocycles. The summed E-state index contributed by atoms with van der Waals surface area (Å²) in [4.78, 5) is 6.65. The predicted molar refractivity (Wildman–Crippen MR) is 86.6 cm³/mol. The van der Waals surface area contributed by atoms with Gasteiger partial charge < -0.3 is 4.98 Å². The number of aromatic amines is 1. The van der Waals surface area contributed by atoms with Crippen molar-refractivity contribution in [2.24, 2.45) is 11.8 Å². The molecule has 0 radical (unpaired) electrons. The molecule has 1 aromatic carbocycles. The molecule has 21 heavy (non-hydrogen) atoms. The number of hydrogen-bond acceptors (Lipinski definition) is 1. The van der Waals surface area contributed by atoms with Crippen LogP contribution in [0.5, 0.6) is 0 Å². The number of nitrogens with one attached hydrogen (secondary N) is 1. The Kier molecular flexibility index (Phi) is 2.55. The summed E-state index contributed by atoms with van der Waals surface area (Å²) < 4.78 is 0. The highest BCUT2D eigenvalue weighted by molar-refractivity contribution is 5.85. The Hall–Kier alpha value is -1.28. The second kappa shape index (κ2) is 4.36. The zero-order valence-electron chi connectivity index (χ0n) is 12.8. The largest absolute Gasteiger partial charge is 0.358 e. The Balaban J connectivity index is 1.69. The van der Waals surface area contributed by atoms with Gasteiger partial charge in [0.15, 0.2) is 0 Å². The van der Waals surface area contributed by atoms with E-state index in [1.54, 1.807) is 11.3 Å². The van der Waals surface area contributed by atoms with Gasteiger partial charge in [-0.3, -0.25) is 4.90 Å². The average Bonchev–Trinajstić information content (AvgIpc) is 2.86. The van der Waals surface area contributed by atoms with Gasteiger partial charge in [-0.25, -0.2) is 0 Å². The Labute approximate surface area is 126 Å². The topological polar surface area (TPSA) is 19.0 Å². The molecule has 3 fully saturated rings. The quantitative estimate of drug-likeness (QED) is 0.838. The summed E-state index contributed by atoms with van der Waals surface area (Å²) in [5.41, 5.74) is 4.57. The van der Waals surface area contributed by atoms with E-state index in [1.165, 1.54) is 49.7 Å². The van der Waals surface area contributed by atoms with Crippen molar-refractivity contribution in [1.82, 2.24) is 9.88 Å². The standard InChI is InChI=1S/C19H24N2/c1-2-13-9-12-10-16-18-15(7-8-21(11-12)19(13)16)14-5-3-4-6-17(14)20-18/h3-6,12-13,16,19-20H,2,7-11H2,1H3. The third-order valence-corrected chi connectivity index (χ3v) is 6.42. The van der Waals surface area contributed by atoms with E-state index in [4.69, 9.17) is 0 Å². The molecule has 1 aromatic heterocycles. The van der Waals surface area contributed by atoms with E-state index in [0.29, 0.717) is 0 Å². The fourth-order valence-electron chi connectivity index (χ4n) is 5.65. The number of H-pyrrole nitrogens is 1. The number of benzene rings is 1. The van der Waals surface area contributed by atoms with E-state index in [0.717, 1.165) is 23.8 Å². The summed E-state index contributed by atoms with van der Waals surface area (Å²) in [6.45, 7) is 5.02. The van der Waals surface area contributed by atoms with E-state index < -0.39 is 0 Å². The van der Waals surface area contributed by atoms with Gasteiger partial charge in [0.25, 0.3) is 0 Å². The van der Waals surface area contributed by atoms with Gasteiger partial charge in [0.1, 0.15) is 0 Å². The van der Waals surface area contributed by atoms with Crippen molar-refractivity contribution < 1.29 is 0 Å². The maximum atomic E-state index is 3.81. The van der Waals surface area contributed by atoms with Gasteiger partial charge in [0.2, 0.25) is 0 Å². The van der Waals surface area contributed by atoms with E-state index in [2.05, 4.69) is 41.1 Å². The lowest BCUT2D eigenvalue weighted by Gasteiger charge is -2.53. The highest BCUT2D eigenvalue weighted by Crippen LogP contribution is 2.50. The van der Waals surface area contributed by atoms with E-state index >= 15 is 0 Å². The molecule has 5 unspecified atom stereocenters. The molecular weight excluding hydrogens is 256 g/mol. The Bertz CT molecular complexity index is 686. The SMILES string of the molecule is CCC1CC2CC3c4[nH]c5ccccc5c4CCN(C2)C13. The van der Waals surface area contributed by atoms with E-state index in [-0.39, 0.29) is 0 Å². The lowest BCUT2D eigenvalue weighted by molar-refractivity contribution is -0.0134. The minimum atomic E-state index is 0.757. The van der Waals surface area contributed by atoms with Crippen LogP contribution in [0.25, 0.3) is 10.9 Å². The highest BCUT2D eigenvalue weighted by atomic mass is 15.2. The van der Waals surface area contributed by atoms with Crippen molar-refractivity contribution >= 4 is 10.9 Å². The fourth-order valence-corrected chi connectivity index (χ4v) is 5.65. The van der Waals surface area contributed by atoms with Gasteiger partial charge >= 0.3 is 0 Å². The fraction of sp³-hybridized carbons (Fsp3) is 0.579. The number of piperidine rings is 2. The smallest absolute Gasteiger partial charge is 0.0459 e. The van der Waals surface area contributed by atoms with Crippen molar-refractivity contribution in [2.75, 3.05) is 13.1 Å². The van der Waals surface area contributed by atoms with Gasteiger partial charge in [-0.15, -0.1) is 0 Å². The molecule has 2 saturated heterocycles. The molecule has 2 aromatic rings. The molecule has 1 aliphatic carbocycles. The minimum absolute atomic E-state index is 0.757. The van der Waals surface area contributed by atoms with E-state index in [9.17, 15) is 0 Å². The molecule has 1 N–H and O–H groups in total. The molecular formula is C19H24N2. The summed E-state index contributed by atoms with van der Waals surface area (Å²) in [6, 6.07) is 9.71. The van der Waals surface area contributed by atoms with Crippen LogP contribution in [0.3, 0.4) is 0 Å². The second-order valence-corrected chi connectivity index (χ2v) is 7.41. The van der Waals surface area contributed by atoms with Crippen LogP contribution in [0.4, 0.5) is 0 Å². The molecule has 0 spiro atoms. The van der Waals surface area contributed by atoms with Gasteiger partial charge in [-0.1, -0.05) is 31.5 Å². The first-order chi connectivity index (χ1) is 10.3. The van der Waals surface area contributed by atoms with Crippen LogP contribution in [-0.4, -0.2) is 29.0 Å². The molecule has 5 atom stereocenters. The molecule has 6 rings (SSSR count). The molecule has 4 aliphatic rings. The molecule has 2 heteroatoms. The van der Waals surface area contributed by atoms with Gasteiger partial charge in [-0.05, 0) is 42.7 Å². The lowest BCUT2D eigenvalue weighted by atomic mass is 9.65. The molecule has 3 aliphatic heterocycles. The predicted octanol–water partition coefficient (Wildman–Crippen LogP) is 3.93. The third kappa shape index (κ3) is 1.63. The van der Waals surface area contributed by atoms with Crippen LogP contribution in [-0.2, 0) is 6.42 Å². The molecule has 4 bridgehead atoms. The Morgan fingerprint density at radius 2 is 2.14 bits per heavy atom. The van der Waals surface area contributed by atoms with Crippen molar-refractivity contribution in [2.45, 2.75) is 44.6 Å². The average molecular weight is 280 g/mol. The number of aromatic nitrogens is 1. The van der Waals surface area contributed by atoms with Crippen LogP contribution >= 0.6 is 0 Å². The first-order valence-corrected chi connectivity index (χ1v) is 8.68. The number of fused-ring (bicyclic) bond motifs is 4. The minimum Gasteiger partial charge on any atom is -0.358 e. The van der Waals surface area contributed by atoms with Crippen LogP contribution < -0.4 is 0 Å². The Morgan fingerprint density at radius 3 is 3.05 bits per heavy atom. The number of nitrogens with zero attached hydrogens (tertiary/aromatic N) is 1. The maximum Gasteiger partial charge on any atom is 0.0459 e. The summed E-state index contributed by atoms with van der Waals surface area (Å²) in [7, 11) is 0. The Morgan fingerprint density at radius 1 is 1.24 bits per heavy atom. The van der Waals surface area contributed by atoms with Crippen molar-refractivity contribution in [1.29, 1.82) is 0 Å². The molecule has 2 nitrogen and oxygen atoms in total. The van der Waals surface area contributed by atoms with Crippen LogP contribution in [0.1, 0.15) is 43.4 Å². The maximum absolute atomic E-state index is 3.81. The van der Waals surface area contributed by atoms with Gasteiger partial charge in [0, 0.05) is 41.6 Å². The first kappa shape index (κ1) is 12.3. The van der Waals surface area contributed by atoms with Crippen molar-refractivity contribution in [3.63, 3.8) is 0 Å². The van der Waals surface area contributed by atoms with Crippen LogP contribution in [0.2, 0.25) is 0 Å². The number of hydrogen-bond donors (Lipinski definition) is 1. The van der Waals surface area contributed by atoms with Crippen LogP contribution in [0.15, 0.2) is 24.3 Å². The summed E-state index contributed by atoms with van der Waals surface area (Å²) >= 11 is 0. The molecule has 110 valence electrons. The second-order valence-electron chi connectivity index (χ2n) is 7.41. The molecule has 0 amide bonds. The lowest BCUT2D eigenvalue weighted by Crippen LogP contribution is -2.56. The number of para-hydroxylation sites is 1. The summed E-state index contributed by atoms with van der Waals surface area (Å²) in [5, 5.41) is 1.48. The normalized spacial score (nSPS) is 37.5. The summed E-state index contributed by atoms with van der Waals surface area (Å²) in [6.07, 6.45) is 5.47. The van der Waals surface area contributed by atoms with Gasteiger partial charge in [-0.2, -0.15) is 0 Å². The monoisotopic (exact) mass is 280 g/mol. The third-order valence-electron chi connectivity index (χ3n) is 6.42. The van der Waals surface area contributed by atoms with E-state index in [1.807, 2.05) is 0 Å². The zero-order valence-corrected chi connectivity index (χ0v) is 12.8. The van der Waals surface area contributed by atoms with Crippen LogP contribution in [0, 0.1) is 11.8 Å². The number of rotatable bonds is 1. The van der Waals surface area contributed by atoms with Crippen molar-refractivity contribution in [3.05, 3.63) is 35.5 Å². The molecule has 4 heterocycles.